The first kappa shape index (κ1) is 16.7. The summed E-state index contributed by atoms with van der Waals surface area (Å²) in [5.74, 6) is -0.407. The number of carbonyl (C=O) groups excluding carboxylic acids is 1. The Labute approximate surface area is 151 Å². The summed E-state index contributed by atoms with van der Waals surface area (Å²) in [7, 11) is 0. The third-order valence-corrected chi connectivity index (χ3v) is 5.03. The summed E-state index contributed by atoms with van der Waals surface area (Å²) >= 11 is 0. The average Bonchev–Trinajstić information content (AvgIpc) is 3.08. The third-order valence-electron chi connectivity index (χ3n) is 5.03. The van der Waals surface area contributed by atoms with Gasteiger partial charge in [0.15, 0.2) is 5.69 Å². The van der Waals surface area contributed by atoms with Gasteiger partial charge in [-0.1, -0.05) is 18.2 Å². The molecule has 0 radical (unpaired) electrons. The van der Waals surface area contributed by atoms with E-state index in [4.69, 9.17) is 0 Å². The highest BCUT2D eigenvalue weighted by molar-refractivity contribution is 6.05. The molecule has 3 N–H and O–H groups in total. The van der Waals surface area contributed by atoms with Crippen molar-refractivity contribution >= 4 is 16.8 Å². The fourth-order valence-corrected chi connectivity index (χ4v) is 3.49. The lowest BCUT2D eigenvalue weighted by Gasteiger charge is -2.23. The molecule has 1 saturated heterocycles. The molecule has 1 aliphatic rings. The number of hydrogen-bond donors (Lipinski definition) is 3. The number of fused-ring (bicyclic) bond motifs is 1. The summed E-state index contributed by atoms with van der Waals surface area (Å²) < 4.78 is 13.9. The molecule has 2 heterocycles. The van der Waals surface area contributed by atoms with Crippen molar-refractivity contribution in [1.82, 2.24) is 20.8 Å². The molecule has 2 aromatic carbocycles. The number of halogens is 1. The van der Waals surface area contributed by atoms with Gasteiger partial charge in [-0.25, -0.2) is 4.39 Å². The van der Waals surface area contributed by atoms with Crippen molar-refractivity contribution in [3.05, 3.63) is 53.5 Å². The maximum Gasteiger partial charge on any atom is 0.272 e. The topological polar surface area (TPSA) is 69.8 Å². The van der Waals surface area contributed by atoms with Crippen molar-refractivity contribution in [2.24, 2.45) is 0 Å². The normalized spacial score (nSPS) is 15.3. The molecule has 1 aromatic heterocycles. The maximum atomic E-state index is 13.9. The van der Waals surface area contributed by atoms with Crippen LogP contribution in [0.3, 0.4) is 0 Å². The van der Waals surface area contributed by atoms with Gasteiger partial charge in [-0.2, -0.15) is 5.10 Å². The van der Waals surface area contributed by atoms with Crippen molar-refractivity contribution < 1.29 is 9.18 Å². The zero-order chi connectivity index (χ0) is 18.1. The molecular weight excluding hydrogens is 331 g/mol. The van der Waals surface area contributed by atoms with Crippen LogP contribution in [0.5, 0.6) is 0 Å². The van der Waals surface area contributed by atoms with Gasteiger partial charge in [-0.05, 0) is 67.7 Å². The molecular formula is C20H21FN4O. The monoisotopic (exact) mass is 352 g/mol. The number of amides is 1. The summed E-state index contributed by atoms with van der Waals surface area (Å²) in [5, 5.41) is 14.2. The Morgan fingerprint density at radius 3 is 2.85 bits per heavy atom. The molecule has 0 spiro atoms. The number of piperidine rings is 1. The van der Waals surface area contributed by atoms with Crippen LogP contribution in [0.15, 0.2) is 36.4 Å². The van der Waals surface area contributed by atoms with Gasteiger partial charge in [-0.15, -0.1) is 0 Å². The van der Waals surface area contributed by atoms with Crippen molar-refractivity contribution in [2.45, 2.75) is 25.8 Å². The number of H-pyrrole nitrogens is 1. The van der Waals surface area contributed by atoms with Crippen LogP contribution in [-0.2, 0) is 0 Å². The Kier molecular flexibility index (Phi) is 4.42. The van der Waals surface area contributed by atoms with Crippen molar-refractivity contribution in [1.29, 1.82) is 0 Å². The first-order chi connectivity index (χ1) is 12.6. The van der Waals surface area contributed by atoms with Gasteiger partial charge >= 0.3 is 0 Å². The number of aromatic nitrogens is 2. The zero-order valence-corrected chi connectivity index (χ0v) is 14.6. The predicted octanol–water partition coefficient (Wildman–Crippen LogP) is 3.16. The molecule has 0 atom stereocenters. The molecule has 26 heavy (non-hydrogen) atoms. The fraction of sp³-hybridized carbons (Fsp3) is 0.300. The zero-order valence-electron chi connectivity index (χ0n) is 14.6. The fourth-order valence-electron chi connectivity index (χ4n) is 3.49. The number of benzene rings is 2. The maximum absolute atomic E-state index is 13.9. The molecule has 5 nitrogen and oxygen atoms in total. The highest BCUT2D eigenvalue weighted by Crippen LogP contribution is 2.29. The first-order valence-corrected chi connectivity index (χ1v) is 8.88. The lowest BCUT2D eigenvalue weighted by atomic mass is 9.98. The molecule has 3 aromatic rings. The van der Waals surface area contributed by atoms with E-state index in [1.54, 1.807) is 13.0 Å². The van der Waals surface area contributed by atoms with E-state index < -0.39 is 0 Å². The van der Waals surface area contributed by atoms with Gasteiger partial charge in [0.25, 0.3) is 5.91 Å². The predicted molar refractivity (Wildman–Crippen MR) is 99.6 cm³/mol. The summed E-state index contributed by atoms with van der Waals surface area (Å²) in [5.41, 5.74) is 3.45. The molecule has 0 saturated carbocycles. The van der Waals surface area contributed by atoms with Crippen LogP contribution in [-0.4, -0.2) is 35.2 Å². The Morgan fingerprint density at radius 1 is 1.23 bits per heavy atom. The van der Waals surface area contributed by atoms with E-state index in [2.05, 4.69) is 20.8 Å². The largest absolute Gasteiger partial charge is 0.348 e. The van der Waals surface area contributed by atoms with Crippen LogP contribution in [0.25, 0.3) is 22.0 Å². The smallest absolute Gasteiger partial charge is 0.272 e. The minimum atomic E-state index is -0.237. The van der Waals surface area contributed by atoms with Crippen LogP contribution in [0.2, 0.25) is 0 Å². The van der Waals surface area contributed by atoms with Crippen LogP contribution in [0, 0.1) is 12.7 Å². The number of nitrogens with zero attached hydrogens (tertiary/aromatic N) is 1. The molecule has 6 heteroatoms. The number of aromatic amines is 1. The summed E-state index contributed by atoms with van der Waals surface area (Å²) in [6.07, 6.45) is 1.84. The molecule has 1 aliphatic heterocycles. The standard InChI is InChI=1S/C20H21FN4O/c1-12-15(3-2-4-17(12)21)13-5-6-18-16(11-13)19(25-24-18)20(26)23-14-7-9-22-10-8-14/h2-6,11,14,22H,7-10H2,1H3,(H,23,26)(H,24,25). The molecule has 4 rings (SSSR count). The van der Waals surface area contributed by atoms with Crippen molar-refractivity contribution in [3.63, 3.8) is 0 Å². The first-order valence-electron chi connectivity index (χ1n) is 8.88. The number of carbonyl (C=O) groups is 1. The van der Waals surface area contributed by atoms with Crippen molar-refractivity contribution in [2.75, 3.05) is 13.1 Å². The Morgan fingerprint density at radius 2 is 2.04 bits per heavy atom. The Balaban J connectivity index is 1.68. The lowest BCUT2D eigenvalue weighted by molar-refractivity contribution is 0.0926. The number of rotatable bonds is 3. The van der Waals surface area contributed by atoms with E-state index in [1.165, 1.54) is 6.07 Å². The van der Waals surface area contributed by atoms with Crippen LogP contribution in [0.1, 0.15) is 28.9 Å². The number of hydrogen-bond acceptors (Lipinski definition) is 3. The summed E-state index contributed by atoms with van der Waals surface area (Å²) in [4.78, 5) is 12.7. The summed E-state index contributed by atoms with van der Waals surface area (Å²) in [6, 6.07) is 10.9. The minimum Gasteiger partial charge on any atom is -0.348 e. The van der Waals surface area contributed by atoms with Crippen LogP contribution >= 0.6 is 0 Å². The molecule has 0 aliphatic carbocycles. The molecule has 1 fully saturated rings. The van der Waals surface area contributed by atoms with E-state index in [1.807, 2.05) is 24.3 Å². The highest BCUT2D eigenvalue weighted by Gasteiger charge is 2.20. The Bertz CT molecular complexity index is 960. The van der Waals surface area contributed by atoms with Crippen LogP contribution in [0.4, 0.5) is 4.39 Å². The molecule has 0 bridgehead atoms. The molecule has 134 valence electrons. The average molecular weight is 352 g/mol. The van der Waals surface area contributed by atoms with Gasteiger partial charge in [0.2, 0.25) is 0 Å². The lowest BCUT2D eigenvalue weighted by Crippen LogP contribution is -2.42. The summed E-state index contributed by atoms with van der Waals surface area (Å²) in [6.45, 7) is 3.58. The van der Waals surface area contributed by atoms with Gasteiger partial charge in [0.1, 0.15) is 5.82 Å². The van der Waals surface area contributed by atoms with Gasteiger partial charge in [0.05, 0.1) is 5.52 Å². The molecule has 1 amide bonds. The second kappa shape index (κ2) is 6.88. The van der Waals surface area contributed by atoms with Gasteiger partial charge in [-0.3, -0.25) is 9.89 Å². The Hall–Kier alpha value is -2.73. The van der Waals surface area contributed by atoms with E-state index >= 15 is 0 Å². The third kappa shape index (κ3) is 3.08. The quantitative estimate of drug-likeness (QED) is 0.678. The highest BCUT2D eigenvalue weighted by atomic mass is 19.1. The van der Waals surface area contributed by atoms with E-state index in [9.17, 15) is 9.18 Å². The van der Waals surface area contributed by atoms with E-state index in [0.29, 0.717) is 11.3 Å². The van der Waals surface area contributed by atoms with Crippen molar-refractivity contribution in [3.8, 4) is 11.1 Å². The van der Waals surface area contributed by atoms with E-state index in [-0.39, 0.29) is 17.8 Å². The minimum absolute atomic E-state index is 0.170. The van der Waals surface area contributed by atoms with Gasteiger partial charge in [0, 0.05) is 11.4 Å². The molecule has 0 unspecified atom stereocenters. The van der Waals surface area contributed by atoms with E-state index in [0.717, 1.165) is 48.0 Å². The second-order valence-electron chi connectivity index (χ2n) is 6.74. The van der Waals surface area contributed by atoms with Crippen LogP contribution < -0.4 is 10.6 Å². The number of nitrogens with one attached hydrogen (secondary N) is 3. The SMILES string of the molecule is Cc1c(F)cccc1-c1ccc2[nH]nc(C(=O)NC3CCNCC3)c2c1. The second-order valence-corrected chi connectivity index (χ2v) is 6.74. The van der Waals surface area contributed by atoms with Gasteiger partial charge < -0.3 is 10.6 Å².